The average Bonchev–Trinajstić information content (AvgIpc) is 2.27. The van der Waals surface area contributed by atoms with E-state index in [9.17, 15) is 9.59 Å². The highest BCUT2D eigenvalue weighted by Crippen LogP contribution is 2.09. The summed E-state index contributed by atoms with van der Waals surface area (Å²) in [6.45, 7) is 2.37. The summed E-state index contributed by atoms with van der Waals surface area (Å²) < 4.78 is 0. The molecule has 0 bridgehead atoms. The molecule has 0 aliphatic carbocycles. The van der Waals surface area contributed by atoms with Crippen LogP contribution in [0.1, 0.15) is 12.5 Å². The molecule has 0 saturated heterocycles. The van der Waals surface area contributed by atoms with Crippen LogP contribution < -0.4 is 16.0 Å². The molecule has 0 radical (unpaired) electrons. The first-order valence-electron chi connectivity index (χ1n) is 5.57. The van der Waals surface area contributed by atoms with Gasteiger partial charge in [0.1, 0.15) is 6.54 Å². The van der Waals surface area contributed by atoms with Crippen LogP contribution in [0.4, 0.5) is 4.79 Å². The number of imide groups is 1. The Kier molecular flexibility index (Phi) is 5.12. The number of nitrogens with one attached hydrogen (secondary N) is 2. The quantitative estimate of drug-likeness (QED) is 0.717. The van der Waals surface area contributed by atoms with Crippen LogP contribution in [-0.2, 0) is 11.3 Å². The Bertz CT molecular complexity index is 451. The minimum absolute atomic E-state index is 0.378. The molecule has 6 heteroatoms. The molecule has 0 spiro atoms. The van der Waals surface area contributed by atoms with Crippen LogP contribution in [0.25, 0.3) is 0 Å². The third-order valence-electron chi connectivity index (χ3n) is 2.75. The standard InChI is InChI=1S/C12H16ClN3O2/c1-8(11(17)15-12(14)18)16(2)7-9-4-3-5-10(13)6-9/h3-6,8H,7H2,1-2H3,(H3,14,15,17,18)/p+1/t8-/m0/s1. The van der Waals surface area contributed by atoms with Gasteiger partial charge in [-0.3, -0.25) is 10.1 Å². The predicted octanol–water partition coefficient (Wildman–Crippen LogP) is -0.0619. The summed E-state index contributed by atoms with van der Waals surface area (Å²) in [5, 5.41) is 2.74. The average molecular weight is 271 g/mol. The fourth-order valence-corrected chi connectivity index (χ4v) is 1.79. The zero-order chi connectivity index (χ0) is 13.7. The van der Waals surface area contributed by atoms with E-state index in [1.807, 2.05) is 25.2 Å². The van der Waals surface area contributed by atoms with Gasteiger partial charge in [-0.05, 0) is 19.1 Å². The topological polar surface area (TPSA) is 76.6 Å². The van der Waals surface area contributed by atoms with Crippen molar-refractivity contribution in [2.75, 3.05) is 7.05 Å². The minimum Gasteiger partial charge on any atom is -0.351 e. The normalized spacial score (nSPS) is 13.7. The van der Waals surface area contributed by atoms with Gasteiger partial charge in [-0.1, -0.05) is 23.7 Å². The number of quaternary nitrogens is 1. The van der Waals surface area contributed by atoms with Crippen LogP contribution in [0.5, 0.6) is 0 Å². The summed E-state index contributed by atoms with van der Waals surface area (Å²) >= 11 is 5.89. The summed E-state index contributed by atoms with van der Waals surface area (Å²) in [4.78, 5) is 23.1. The molecule has 0 aromatic heterocycles. The summed E-state index contributed by atoms with van der Waals surface area (Å²) in [7, 11) is 1.87. The first kappa shape index (κ1) is 14.5. The molecule has 1 rings (SSSR count). The van der Waals surface area contributed by atoms with E-state index in [4.69, 9.17) is 17.3 Å². The van der Waals surface area contributed by atoms with Gasteiger partial charge in [0.2, 0.25) is 0 Å². The number of halogens is 1. The second kappa shape index (κ2) is 6.37. The highest BCUT2D eigenvalue weighted by molar-refractivity contribution is 6.30. The smallest absolute Gasteiger partial charge is 0.319 e. The van der Waals surface area contributed by atoms with E-state index in [2.05, 4.69) is 5.32 Å². The number of carbonyl (C=O) groups is 2. The molecule has 1 aromatic carbocycles. The number of hydrogen-bond donors (Lipinski definition) is 3. The van der Waals surface area contributed by atoms with E-state index in [1.54, 1.807) is 13.0 Å². The lowest BCUT2D eigenvalue weighted by atomic mass is 10.2. The van der Waals surface area contributed by atoms with Crippen molar-refractivity contribution in [1.29, 1.82) is 0 Å². The molecule has 5 nitrogen and oxygen atoms in total. The fraction of sp³-hybridized carbons (Fsp3) is 0.333. The molecule has 0 fully saturated rings. The van der Waals surface area contributed by atoms with E-state index < -0.39 is 6.03 Å². The SMILES string of the molecule is C[C@@H](C(=O)NC(N)=O)[NH+](C)Cc1cccc(Cl)c1. The third kappa shape index (κ3) is 4.35. The molecule has 98 valence electrons. The number of hydrogen-bond acceptors (Lipinski definition) is 2. The largest absolute Gasteiger partial charge is 0.351 e. The lowest BCUT2D eigenvalue weighted by Gasteiger charge is -2.20. The number of benzene rings is 1. The van der Waals surface area contributed by atoms with Gasteiger partial charge in [-0.25, -0.2) is 4.79 Å². The van der Waals surface area contributed by atoms with Gasteiger partial charge in [0.25, 0.3) is 5.91 Å². The number of primary amides is 1. The Hall–Kier alpha value is -1.59. The van der Waals surface area contributed by atoms with E-state index in [0.29, 0.717) is 11.6 Å². The van der Waals surface area contributed by atoms with Crippen molar-refractivity contribution in [2.45, 2.75) is 19.5 Å². The van der Waals surface area contributed by atoms with Gasteiger partial charge in [0.15, 0.2) is 6.04 Å². The number of nitrogens with two attached hydrogens (primary N) is 1. The van der Waals surface area contributed by atoms with Crippen molar-refractivity contribution in [2.24, 2.45) is 5.73 Å². The lowest BCUT2D eigenvalue weighted by molar-refractivity contribution is -0.908. The lowest BCUT2D eigenvalue weighted by Crippen LogP contribution is -3.12. The molecule has 0 heterocycles. The molecule has 1 unspecified atom stereocenters. The highest BCUT2D eigenvalue weighted by atomic mass is 35.5. The van der Waals surface area contributed by atoms with E-state index in [0.717, 1.165) is 10.5 Å². The van der Waals surface area contributed by atoms with Crippen molar-refractivity contribution < 1.29 is 14.5 Å². The van der Waals surface area contributed by atoms with Crippen molar-refractivity contribution in [3.05, 3.63) is 34.9 Å². The third-order valence-corrected chi connectivity index (χ3v) is 2.99. The first-order valence-corrected chi connectivity index (χ1v) is 5.95. The Labute approximate surface area is 111 Å². The van der Waals surface area contributed by atoms with Crippen LogP contribution in [0.3, 0.4) is 0 Å². The molecule has 2 atom stereocenters. The molecule has 4 N–H and O–H groups in total. The van der Waals surface area contributed by atoms with Crippen LogP contribution >= 0.6 is 11.6 Å². The highest BCUT2D eigenvalue weighted by Gasteiger charge is 2.22. The Morgan fingerprint density at radius 3 is 2.72 bits per heavy atom. The number of amides is 3. The molecule has 18 heavy (non-hydrogen) atoms. The van der Waals surface area contributed by atoms with E-state index in [1.165, 1.54) is 0 Å². The maximum atomic E-state index is 11.6. The molecule has 0 saturated carbocycles. The summed E-state index contributed by atoms with van der Waals surface area (Å²) in [5.41, 5.74) is 5.93. The van der Waals surface area contributed by atoms with Gasteiger partial charge in [0, 0.05) is 10.6 Å². The summed E-state index contributed by atoms with van der Waals surface area (Å²) in [5.74, 6) is -0.387. The van der Waals surface area contributed by atoms with Crippen LogP contribution in [0.2, 0.25) is 5.02 Å². The predicted molar refractivity (Wildman–Crippen MR) is 69.2 cm³/mol. The van der Waals surface area contributed by atoms with Gasteiger partial charge >= 0.3 is 6.03 Å². The summed E-state index contributed by atoms with van der Waals surface area (Å²) in [6.07, 6.45) is 0. The first-order chi connectivity index (χ1) is 8.40. The maximum Gasteiger partial charge on any atom is 0.319 e. The van der Waals surface area contributed by atoms with Crippen LogP contribution in [0, 0.1) is 0 Å². The molecule has 0 aliphatic rings. The van der Waals surface area contributed by atoms with Gasteiger partial charge < -0.3 is 10.6 Å². The van der Waals surface area contributed by atoms with Crippen molar-refractivity contribution >= 4 is 23.5 Å². The second-order valence-corrected chi connectivity index (χ2v) is 4.66. The van der Waals surface area contributed by atoms with Gasteiger partial charge in [-0.2, -0.15) is 0 Å². The van der Waals surface area contributed by atoms with E-state index in [-0.39, 0.29) is 11.9 Å². The monoisotopic (exact) mass is 270 g/mol. The van der Waals surface area contributed by atoms with Crippen LogP contribution in [-0.4, -0.2) is 25.0 Å². The molecule has 3 amide bonds. The number of rotatable bonds is 4. The molecule has 1 aromatic rings. The van der Waals surface area contributed by atoms with Crippen LogP contribution in [0.15, 0.2) is 24.3 Å². The Morgan fingerprint density at radius 1 is 1.50 bits per heavy atom. The van der Waals surface area contributed by atoms with Crippen molar-refractivity contribution in [3.8, 4) is 0 Å². The minimum atomic E-state index is -0.831. The molecular weight excluding hydrogens is 254 g/mol. The number of urea groups is 1. The zero-order valence-corrected chi connectivity index (χ0v) is 11.1. The Morgan fingerprint density at radius 2 is 2.17 bits per heavy atom. The molecule has 0 aliphatic heterocycles. The summed E-state index contributed by atoms with van der Waals surface area (Å²) in [6, 6.07) is 6.24. The van der Waals surface area contributed by atoms with Crippen molar-refractivity contribution in [3.63, 3.8) is 0 Å². The van der Waals surface area contributed by atoms with E-state index >= 15 is 0 Å². The van der Waals surface area contributed by atoms with Gasteiger partial charge in [-0.15, -0.1) is 0 Å². The second-order valence-electron chi connectivity index (χ2n) is 4.23. The fourth-order valence-electron chi connectivity index (χ4n) is 1.58. The molecular formula is C12H17ClN3O2+. The maximum absolute atomic E-state index is 11.6. The van der Waals surface area contributed by atoms with Crippen molar-refractivity contribution in [1.82, 2.24) is 5.32 Å². The number of carbonyl (C=O) groups excluding carboxylic acids is 2. The zero-order valence-electron chi connectivity index (χ0n) is 10.4. The van der Waals surface area contributed by atoms with Gasteiger partial charge in [0.05, 0.1) is 7.05 Å². The number of likely N-dealkylation sites (N-methyl/N-ethyl adjacent to an activating group) is 1. The Balaban J connectivity index is 2.62.